The van der Waals surface area contributed by atoms with Crippen molar-refractivity contribution in [1.82, 2.24) is 9.55 Å². The average Bonchev–Trinajstić information content (AvgIpc) is 3.78. The molecular formula is C58H59N4OPt-3. The Balaban J connectivity index is 0.00000560. The van der Waals surface area contributed by atoms with Crippen molar-refractivity contribution in [1.29, 1.82) is 0 Å². The van der Waals surface area contributed by atoms with E-state index in [1.807, 2.05) is 12.3 Å². The summed E-state index contributed by atoms with van der Waals surface area (Å²) in [6.07, 6.45) is 1.92. The van der Waals surface area contributed by atoms with Crippen LogP contribution in [-0.4, -0.2) is 9.55 Å². The molecule has 2 aromatic heterocycles. The second-order valence-electron chi connectivity index (χ2n) is 21.2. The van der Waals surface area contributed by atoms with Gasteiger partial charge in [0, 0.05) is 61.3 Å². The molecule has 0 atom stereocenters. The van der Waals surface area contributed by atoms with E-state index in [0.717, 1.165) is 50.6 Å². The van der Waals surface area contributed by atoms with Crippen LogP contribution in [0.25, 0.3) is 38.8 Å². The van der Waals surface area contributed by atoms with E-state index in [1.165, 1.54) is 33.2 Å². The van der Waals surface area contributed by atoms with Crippen molar-refractivity contribution in [2.45, 2.75) is 105 Å². The third-order valence-electron chi connectivity index (χ3n) is 12.3. The van der Waals surface area contributed by atoms with Crippen molar-refractivity contribution < 1.29 is 25.8 Å². The molecule has 0 aliphatic carbocycles. The van der Waals surface area contributed by atoms with E-state index in [9.17, 15) is 0 Å². The zero-order valence-electron chi connectivity index (χ0n) is 39.3. The van der Waals surface area contributed by atoms with Gasteiger partial charge < -0.3 is 19.1 Å². The molecule has 8 aromatic rings. The molecule has 0 amide bonds. The van der Waals surface area contributed by atoms with Crippen LogP contribution in [0.4, 0.5) is 22.7 Å². The molecule has 5 nitrogen and oxygen atoms in total. The molecule has 0 saturated heterocycles. The normalized spacial score (nSPS) is 13.4. The molecule has 64 heavy (non-hydrogen) atoms. The molecule has 6 heteroatoms. The van der Waals surface area contributed by atoms with Crippen LogP contribution in [0.2, 0.25) is 0 Å². The van der Waals surface area contributed by atoms with Gasteiger partial charge in [-0.15, -0.1) is 53.6 Å². The van der Waals surface area contributed by atoms with E-state index >= 15 is 0 Å². The van der Waals surface area contributed by atoms with Crippen LogP contribution in [0.1, 0.15) is 105 Å². The summed E-state index contributed by atoms with van der Waals surface area (Å²) in [6.45, 7) is 29.3. The number of anilines is 4. The van der Waals surface area contributed by atoms with Crippen molar-refractivity contribution >= 4 is 44.6 Å². The van der Waals surface area contributed by atoms with E-state index < -0.39 is 0 Å². The van der Waals surface area contributed by atoms with Crippen LogP contribution in [-0.2, 0) is 42.7 Å². The smallest absolute Gasteiger partial charge is 0.135 e. The maximum Gasteiger partial charge on any atom is 0.135 e. The number of fused-ring (bicyclic) bond motifs is 4. The molecule has 0 fully saturated rings. The Labute approximate surface area is 395 Å². The second-order valence-corrected chi connectivity index (χ2v) is 21.2. The van der Waals surface area contributed by atoms with Gasteiger partial charge in [0.1, 0.15) is 5.82 Å². The maximum absolute atomic E-state index is 6.87. The number of hydrogen-bond donors (Lipinski definition) is 0. The first-order chi connectivity index (χ1) is 29.7. The van der Waals surface area contributed by atoms with Gasteiger partial charge in [0.15, 0.2) is 0 Å². The van der Waals surface area contributed by atoms with Gasteiger partial charge >= 0.3 is 0 Å². The molecule has 1 aliphatic rings. The van der Waals surface area contributed by atoms with Gasteiger partial charge in [0.25, 0.3) is 0 Å². The predicted molar refractivity (Wildman–Crippen MR) is 264 cm³/mol. The Kier molecular flexibility index (Phi) is 11.5. The van der Waals surface area contributed by atoms with Gasteiger partial charge in [0.05, 0.1) is 0 Å². The summed E-state index contributed by atoms with van der Waals surface area (Å²) in [5, 5.41) is 2.28. The van der Waals surface area contributed by atoms with Gasteiger partial charge in [-0.25, -0.2) is 4.98 Å². The van der Waals surface area contributed by atoms with Crippen LogP contribution in [0.5, 0.6) is 11.5 Å². The van der Waals surface area contributed by atoms with E-state index in [-0.39, 0.29) is 42.7 Å². The van der Waals surface area contributed by atoms with Gasteiger partial charge in [-0.2, -0.15) is 6.07 Å². The topological polar surface area (TPSA) is 33.5 Å². The van der Waals surface area contributed by atoms with Gasteiger partial charge in [0.2, 0.25) is 0 Å². The number of ether oxygens (including phenoxy) is 1. The summed E-state index contributed by atoms with van der Waals surface area (Å²) in [5.74, 6) is 2.11. The minimum absolute atomic E-state index is 0. The number of para-hydroxylation sites is 2. The quantitative estimate of drug-likeness (QED) is 0.155. The number of nitrogens with zero attached hydrogens (tertiary/aromatic N) is 4. The molecule has 0 bridgehead atoms. The standard InChI is InChI=1S/C58H59N4O.Pt/c1-55(2,3)39-22-27-50-48(32-39)47-26-24-44(36-53(47)62(50)54-33-40(28-29-59-54)56(4,5)6)63-45-31-41(57(7,8)9)30-43(34-45)61-37-60(51-20-16-17-21-52(51)61)42-23-25-46(38-18-14-13-15-19-38)49(35-42)58(10,11)12;/h13-33,35,37H,1-12H3;/q-3;. The van der Waals surface area contributed by atoms with E-state index in [2.05, 4.69) is 238 Å². The third-order valence-corrected chi connectivity index (χ3v) is 12.3. The number of rotatable bonds is 6. The Morgan fingerprint density at radius 3 is 1.86 bits per heavy atom. The van der Waals surface area contributed by atoms with Gasteiger partial charge in [-0.05, 0) is 97.3 Å². The summed E-state index contributed by atoms with van der Waals surface area (Å²) < 4.78 is 9.11. The molecule has 3 heterocycles. The minimum Gasteiger partial charge on any atom is -0.509 e. The SMILES string of the molecule is CC(C)(C)c1cc(Oc2[c-]c3c(cc2)c2cc(C(C)(C)C)ccc2n3-c2cc(C(C)(C)C)ccn2)[c-]c(N2[CH-]N(c3ccc(-c4ccccc4)c(C(C)(C)C)c3)c3ccccc32)c1.[Pt]. The molecular weight excluding hydrogens is 964 g/mol. The third kappa shape index (κ3) is 8.52. The maximum atomic E-state index is 6.87. The fourth-order valence-corrected chi connectivity index (χ4v) is 8.64. The van der Waals surface area contributed by atoms with E-state index in [4.69, 9.17) is 9.72 Å². The first kappa shape index (κ1) is 44.9. The summed E-state index contributed by atoms with van der Waals surface area (Å²) in [4.78, 5) is 9.48. The molecule has 330 valence electrons. The number of aromatic nitrogens is 2. The fourth-order valence-electron chi connectivity index (χ4n) is 8.64. The Morgan fingerprint density at radius 1 is 0.531 bits per heavy atom. The molecule has 0 saturated carbocycles. The van der Waals surface area contributed by atoms with Crippen LogP contribution >= 0.6 is 0 Å². The fraction of sp³-hybridized carbons (Fsp3) is 0.276. The van der Waals surface area contributed by atoms with Crippen LogP contribution in [0.15, 0.2) is 134 Å². The Bertz CT molecular complexity index is 3010. The summed E-state index contributed by atoms with van der Waals surface area (Å²) in [6, 6.07) is 53.3. The van der Waals surface area contributed by atoms with Crippen molar-refractivity contribution in [3.05, 3.63) is 175 Å². The Morgan fingerprint density at radius 2 is 1.19 bits per heavy atom. The first-order valence-electron chi connectivity index (χ1n) is 22.2. The van der Waals surface area contributed by atoms with Crippen LogP contribution in [0.3, 0.4) is 0 Å². The van der Waals surface area contributed by atoms with Gasteiger partial charge in [-0.3, -0.25) is 0 Å². The molecule has 6 aromatic carbocycles. The van der Waals surface area contributed by atoms with E-state index in [0.29, 0.717) is 11.5 Å². The number of benzene rings is 6. The zero-order valence-corrected chi connectivity index (χ0v) is 41.6. The average molecular weight is 1020 g/mol. The van der Waals surface area contributed by atoms with Crippen LogP contribution in [0, 0.1) is 18.8 Å². The van der Waals surface area contributed by atoms with Crippen molar-refractivity contribution in [2.75, 3.05) is 9.80 Å². The molecule has 0 N–H and O–H groups in total. The molecule has 9 rings (SSSR count). The van der Waals surface area contributed by atoms with Gasteiger partial charge in [-0.1, -0.05) is 149 Å². The van der Waals surface area contributed by atoms with Crippen molar-refractivity contribution in [2.24, 2.45) is 0 Å². The molecule has 0 unspecified atom stereocenters. The van der Waals surface area contributed by atoms with Crippen molar-refractivity contribution in [3.63, 3.8) is 0 Å². The predicted octanol–water partition coefficient (Wildman–Crippen LogP) is 15.8. The number of pyridine rings is 1. The van der Waals surface area contributed by atoms with E-state index in [1.54, 1.807) is 0 Å². The monoisotopic (exact) mass is 1020 g/mol. The molecule has 1 aliphatic heterocycles. The summed E-state index contributed by atoms with van der Waals surface area (Å²) in [7, 11) is 0. The zero-order chi connectivity index (χ0) is 44.6. The molecule has 0 spiro atoms. The summed E-state index contributed by atoms with van der Waals surface area (Å²) in [5.41, 5.74) is 13.3. The molecule has 0 radical (unpaired) electrons. The largest absolute Gasteiger partial charge is 0.509 e. The first-order valence-corrected chi connectivity index (χ1v) is 22.2. The summed E-state index contributed by atoms with van der Waals surface area (Å²) >= 11 is 0. The number of hydrogen-bond acceptors (Lipinski definition) is 4. The van der Waals surface area contributed by atoms with Crippen LogP contribution < -0.4 is 14.5 Å². The Hall–Kier alpha value is -5.64. The minimum atomic E-state index is -0.162. The van der Waals surface area contributed by atoms with Crippen molar-refractivity contribution in [3.8, 4) is 28.4 Å². The second kappa shape index (κ2) is 16.4.